The molecular formula is C15H10N2O2. The highest BCUT2D eigenvalue weighted by Gasteiger charge is 2.10. The predicted molar refractivity (Wildman–Crippen MR) is 70.6 cm³/mol. The molecule has 0 saturated carbocycles. The smallest absolute Gasteiger partial charge is 0.248 e. The van der Waals surface area contributed by atoms with Gasteiger partial charge in [-0.15, -0.1) is 10.2 Å². The molecule has 2 aromatic carbocycles. The average Bonchev–Trinajstić information content (AvgIpc) is 2.98. The lowest BCUT2D eigenvalue weighted by Crippen LogP contribution is -1.82. The predicted octanol–water partition coefficient (Wildman–Crippen LogP) is 3.22. The number of hydrogen-bond donors (Lipinski definition) is 0. The summed E-state index contributed by atoms with van der Waals surface area (Å²) in [5.74, 6) is 0.870. The van der Waals surface area contributed by atoms with E-state index in [1.54, 1.807) is 18.2 Å². The number of carbonyl (C=O) groups is 1. The minimum absolute atomic E-state index is 0.405. The van der Waals surface area contributed by atoms with E-state index in [-0.39, 0.29) is 0 Å². The van der Waals surface area contributed by atoms with Crippen LogP contribution in [-0.4, -0.2) is 16.5 Å². The van der Waals surface area contributed by atoms with Crippen molar-refractivity contribution in [2.45, 2.75) is 0 Å². The maximum Gasteiger partial charge on any atom is 0.248 e. The standard InChI is InChI=1S/C15H10N2O2/c18-10-11-5-4-8-13(9-11)15-17-16-14(19-15)12-6-2-1-3-7-12/h1-10H. The van der Waals surface area contributed by atoms with Crippen LogP contribution in [0.5, 0.6) is 0 Å². The summed E-state index contributed by atoms with van der Waals surface area (Å²) in [6.07, 6.45) is 0.790. The summed E-state index contributed by atoms with van der Waals surface area (Å²) < 4.78 is 5.62. The maximum atomic E-state index is 10.8. The molecule has 0 bridgehead atoms. The Bertz CT molecular complexity index is 705. The molecule has 3 aromatic rings. The lowest BCUT2D eigenvalue weighted by atomic mass is 10.1. The molecule has 92 valence electrons. The highest BCUT2D eigenvalue weighted by atomic mass is 16.4. The summed E-state index contributed by atoms with van der Waals surface area (Å²) in [4.78, 5) is 10.8. The van der Waals surface area contributed by atoms with E-state index < -0.39 is 0 Å². The molecule has 4 nitrogen and oxygen atoms in total. The number of rotatable bonds is 3. The van der Waals surface area contributed by atoms with Gasteiger partial charge in [-0.3, -0.25) is 4.79 Å². The third kappa shape index (κ3) is 2.28. The molecule has 0 N–H and O–H groups in total. The van der Waals surface area contributed by atoms with Crippen molar-refractivity contribution in [2.24, 2.45) is 0 Å². The molecule has 0 aliphatic rings. The van der Waals surface area contributed by atoms with E-state index in [1.165, 1.54) is 0 Å². The van der Waals surface area contributed by atoms with Gasteiger partial charge in [0.2, 0.25) is 11.8 Å². The normalized spacial score (nSPS) is 10.3. The van der Waals surface area contributed by atoms with Crippen molar-refractivity contribution < 1.29 is 9.21 Å². The van der Waals surface area contributed by atoms with Gasteiger partial charge in [0.05, 0.1) is 0 Å². The maximum absolute atomic E-state index is 10.8. The van der Waals surface area contributed by atoms with Gasteiger partial charge in [-0.05, 0) is 24.3 Å². The van der Waals surface area contributed by atoms with Gasteiger partial charge in [-0.2, -0.15) is 0 Å². The molecule has 19 heavy (non-hydrogen) atoms. The van der Waals surface area contributed by atoms with Gasteiger partial charge in [0.1, 0.15) is 6.29 Å². The molecule has 0 spiro atoms. The molecule has 4 heteroatoms. The van der Waals surface area contributed by atoms with Crippen LogP contribution >= 0.6 is 0 Å². The van der Waals surface area contributed by atoms with Crippen LogP contribution in [0.3, 0.4) is 0 Å². The first kappa shape index (κ1) is 11.3. The highest BCUT2D eigenvalue weighted by molar-refractivity contribution is 5.77. The first-order valence-electron chi connectivity index (χ1n) is 5.81. The van der Waals surface area contributed by atoms with Crippen molar-refractivity contribution >= 4 is 6.29 Å². The van der Waals surface area contributed by atoms with E-state index in [4.69, 9.17) is 4.42 Å². The molecule has 0 unspecified atom stereocenters. The molecule has 0 aliphatic carbocycles. The lowest BCUT2D eigenvalue weighted by Gasteiger charge is -1.95. The zero-order valence-corrected chi connectivity index (χ0v) is 9.98. The number of carbonyl (C=O) groups excluding carboxylic acids is 1. The largest absolute Gasteiger partial charge is 0.416 e. The quantitative estimate of drug-likeness (QED) is 0.670. The van der Waals surface area contributed by atoms with E-state index in [2.05, 4.69) is 10.2 Å². The van der Waals surface area contributed by atoms with Crippen LogP contribution in [0.2, 0.25) is 0 Å². The van der Waals surface area contributed by atoms with Gasteiger partial charge in [0.15, 0.2) is 0 Å². The molecule has 1 aromatic heterocycles. The minimum Gasteiger partial charge on any atom is -0.416 e. The monoisotopic (exact) mass is 250 g/mol. The summed E-state index contributed by atoms with van der Waals surface area (Å²) in [5.41, 5.74) is 2.18. The Morgan fingerprint density at radius 1 is 0.842 bits per heavy atom. The number of nitrogens with zero attached hydrogens (tertiary/aromatic N) is 2. The third-order valence-corrected chi connectivity index (χ3v) is 2.72. The second-order valence-electron chi connectivity index (χ2n) is 4.02. The van der Waals surface area contributed by atoms with Gasteiger partial charge < -0.3 is 4.42 Å². The van der Waals surface area contributed by atoms with E-state index in [9.17, 15) is 4.79 Å². The second-order valence-corrected chi connectivity index (χ2v) is 4.02. The van der Waals surface area contributed by atoms with Crippen LogP contribution in [0, 0.1) is 0 Å². The number of benzene rings is 2. The van der Waals surface area contributed by atoms with Crippen molar-refractivity contribution in [1.29, 1.82) is 0 Å². The molecule has 0 amide bonds. The molecule has 3 rings (SSSR count). The van der Waals surface area contributed by atoms with Gasteiger partial charge in [-0.1, -0.05) is 30.3 Å². The molecule has 0 aliphatic heterocycles. The number of aldehydes is 1. The van der Waals surface area contributed by atoms with Crippen LogP contribution in [0.15, 0.2) is 59.0 Å². The van der Waals surface area contributed by atoms with Gasteiger partial charge in [-0.25, -0.2) is 0 Å². The van der Waals surface area contributed by atoms with E-state index in [0.29, 0.717) is 17.3 Å². The van der Waals surface area contributed by atoms with Crippen molar-refractivity contribution in [3.8, 4) is 22.9 Å². The second kappa shape index (κ2) is 4.86. The Hall–Kier alpha value is -2.75. The highest BCUT2D eigenvalue weighted by Crippen LogP contribution is 2.23. The lowest BCUT2D eigenvalue weighted by molar-refractivity contribution is 0.112. The average molecular weight is 250 g/mol. The molecule has 0 saturated heterocycles. The summed E-state index contributed by atoms with van der Waals surface area (Å²) in [7, 11) is 0. The Kier molecular flexibility index (Phi) is 2.90. The SMILES string of the molecule is O=Cc1cccc(-c2nnc(-c3ccccc3)o2)c1. The van der Waals surface area contributed by atoms with Crippen LogP contribution < -0.4 is 0 Å². The Labute approximate surface area is 109 Å². The fourth-order valence-electron chi connectivity index (χ4n) is 1.78. The first-order valence-corrected chi connectivity index (χ1v) is 5.81. The zero-order chi connectivity index (χ0) is 13.1. The van der Waals surface area contributed by atoms with Gasteiger partial charge >= 0.3 is 0 Å². The van der Waals surface area contributed by atoms with Crippen LogP contribution in [0.4, 0.5) is 0 Å². The molecular weight excluding hydrogens is 240 g/mol. The molecule has 0 radical (unpaired) electrons. The van der Waals surface area contributed by atoms with Crippen molar-refractivity contribution in [1.82, 2.24) is 10.2 Å². The zero-order valence-electron chi connectivity index (χ0n) is 9.98. The Morgan fingerprint density at radius 2 is 1.53 bits per heavy atom. The summed E-state index contributed by atoms with van der Waals surface area (Å²) in [5, 5.41) is 8.02. The Balaban J connectivity index is 1.99. The number of hydrogen-bond acceptors (Lipinski definition) is 4. The molecule has 1 heterocycles. The molecule has 0 atom stereocenters. The van der Waals surface area contributed by atoms with E-state index in [1.807, 2.05) is 36.4 Å². The van der Waals surface area contributed by atoms with Crippen molar-refractivity contribution in [2.75, 3.05) is 0 Å². The fourth-order valence-corrected chi connectivity index (χ4v) is 1.78. The first-order chi connectivity index (χ1) is 9.36. The van der Waals surface area contributed by atoms with Crippen molar-refractivity contribution in [3.63, 3.8) is 0 Å². The van der Waals surface area contributed by atoms with Crippen LogP contribution in [-0.2, 0) is 0 Å². The van der Waals surface area contributed by atoms with Crippen molar-refractivity contribution in [3.05, 3.63) is 60.2 Å². The van der Waals surface area contributed by atoms with E-state index >= 15 is 0 Å². The van der Waals surface area contributed by atoms with Crippen LogP contribution in [0.1, 0.15) is 10.4 Å². The van der Waals surface area contributed by atoms with E-state index in [0.717, 1.165) is 17.4 Å². The van der Waals surface area contributed by atoms with Crippen LogP contribution in [0.25, 0.3) is 22.9 Å². The summed E-state index contributed by atoms with van der Waals surface area (Å²) >= 11 is 0. The summed E-state index contributed by atoms with van der Waals surface area (Å²) in [6, 6.07) is 16.6. The Morgan fingerprint density at radius 3 is 2.26 bits per heavy atom. The summed E-state index contributed by atoms with van der Waals surface area (Å²) in [6.45, 7) is 0. The topological polar surface area (TPSA) is 56.0 Å². The number of aromatic nitrogens is 2. The molecule has 0 fully saturated rings. The minimum atomic E-state index is 0.405. The van der Waals surface area contributed by atoms with Gasteiger partial charge in [0.25, 0.3) is 0 Å². The van der Waals surface area contributed by atoms with Gasteiger partial charge in [0, 0.05) is 16.7 Å². The third-order valence-electron chi connectivity index (χ3n) is 2.72. The fraction of sp³-hybridized carbons (Fsp3) is 0.